The predicted molar refractivity (Wildman–Crippen MR) is 109 cm³/mol. The Kier molecular flexibility index (Phi) is 6.52. The van der Waals surface area contributed by atoms with E-state index in [0.29, 0.717) is 10.7 Å². The second-order valence-electron chi connectivity index (χ2n) is 6.89. The summed E-state index contributed by atoms with van der Waals surface area (Å²) in [5.41, 5.74) is 1.63. The lowest BCUT2D eigenvalue weighted by molar-refractivity contribution is -0.120. The summed E-state index contributed by atoms with van der Waals surface area (Å²) in [6, 6.07) is 11.2. The van der Waals surface area contributed by atoms with Crippen LogP contribution in [0.2, 0.25) is 5.02 Å². The Hall–Kier alpha value is -2.60. The number of para-hydroxylation sites is 1. The van der Waals surface area contributed by atoms with Crippen LogP contribution in [0.4, 0.5) is 15.8 Å². The van der Waals surface area contributed by atoms with Crippen LogP contribution < -0.4 is 15.5 Å². The van der Waals surface area contributed by atoms with Crippen LogP contribution in [0, 0.1) is 5.82 Å². The van der Waals surface area contributed by atoms with E-state index in [1.165, 1.54) is 13.0 Å². The molecule has 1 saturated heterocycles. The van der Waals surface area contributed by atoms with Gasteiger partial charge in [0.1, 0.15) is 11.5 Å². The number of hydrogen-bond acceptors (Lipinski definition) is 3. The van der Waals surface area contributed by atoms with E-state index in [1.54, 1.807) is 30.3 Å². The van der Waals surface area contributed by atoms with Crippen molar-refractivity contribution >= 4 is 34.8 Å². The van der Waals surface area contributed by atoms with E-state index in [9.17, 15) is 14.0 Å². The second-order valence-corrected chi connectivity index (χ2v) is 7.32. The van der Waals surface area contributed by atoms with Crippen LogP contribution in [-0.4, -0.2) is 24.9 Å². The van der Waals surface area contributed by atoms with Gasteiger partial charge in [-0.2, -0.15) is 0 Å². The quantitative estimate of drug-likeness (QED) is 0.756. The van der Waals surface area contributed by atoms with Crippen molar-refractivity contribution in [2.24, 2.45) is 0 Å². The van der Waals surface area contributed by atoms with E-state index in [2.05, 4.69) is 15.5 Å². The van der Waals surface area contributed by atoms with E-state index >= 15 is 0 Å². The maximum Gasteiger partial charge on any atom is 0.226 e. The molecule has 7 heteroatoms. The molecular formula is C21H23ClFN3O2. The molecule has 0 aliphatic carbocycles. The molecule has 0 saturated carbocycles. The number of rotatable bonds is 6. The average Bonchev–Trinajstić information content (AvgIpc) is 3.17. The van der Waals surface area contributed by atoms with Gasteiger partial charge >= 0.3 is 0 Å². The smallest absolute Gasteiger partial charge is 0.226 e. The number of benzene rings is 2. The minimum Gasteiger partial charge on any atom is -0.370 e. The number of nitrogens with one attached hydrogen (secondary N) is 2. The summed E-state index contributed by atoms with van der Waals surface area (Å²) >= 11 is 5.92. The lowest BCUT2D eigenvalue weighted by Gasteiger charge is -2.23. The standard InChI is InChI=1S/C21H23ClFN3O2/c1-14(27)24-18(15-7-9-16(22)10-8-15)13-20(28)25-21-17(23)5-4-6-19(21)26-11-2-3-12-26/h4-10,18H,2-3,11-13H2,1H3,(H,24,27)(H,25,28). The minimum absolute atomic E-state index is 0.0189. The van der Waals surface area contributed by atoms with Crippen molar-refractivity contribution in [1.82, 2.24) is 5.32 Å². The maximum atomic E-state index is 14.5. The zero-order valence-electron chi connectivity index (χ0n) is 15.7. The van der Waals surface area contributed by atoms with Gasteiger partial charge in [-0.15, -0.1) is 0 Å². The first-order valence-electron chi connectivity index (χ1n) is 9.30. The topological polar surface area (TPSA) is 61.4 Å². The molecule has 1 atom stereocenters. The first kappa shape index (κ1) is 20.1. The number of carbonyl (C=O) groups is 2. The first-order valence-corrected chi connectivity index (χ1v) is 9.67. The predicted octanol–water partition coefficient (Wildman–Crippen LogP) is 4.29. The zero-order chi connectivity index (χ0) is 20.1. The fraction of sp³-hybridized carbons (Fsp3) is 0.333. The summed E-state index contributed by atoms with van der Waals surface area (Å²) in [4.78, 5) is 26.3. The molecule has 0 bridgehead atoms. The maximum absolute atomic E-state index is 14.5. The van der Waals surface area contributed by atoms with Crippen LogP contribution in [0.25, 0.3) is 0 Å². The Morgan fingerprint density at radius 3 is 2.46 bits per heavy atom. The first-order chi connectivity index (χ1) is 13.4. The highest BCUT2D eigenvalue weighted by Gasteiger charge is 2.22. The SMILES string of the molecule is CC(=O)NC(CC(=O)Nc1c(F)cccc1N1CCCC1)c1ccc(Cl)cc1. The number of amides is 2. The Morgan fingerprint density at radius 1 is 1.14 bits per heavy atom. The molecule has 0 spiro atoms. The molecular weight excluding hydrogens is 381 g/mol. The molecule has 148 valence electrons. The normalized spacial score (nSPS) is 14.6. The molecule has 0 aromatic heterocycles. The van der Waals surface area contributed by atoms with Crippen molar-refractivity contribution in [3.05, 3.63) is 58.9 Å². The highest BCUT2D eigenvalue weighted by Crippen LogP contribution is 2.32. The molecule has 5 nitrogen and oxygen atoms in total. The minimum atomic E-state index is -0.531. The molecule has 1 aliphatic heterocycles. The van der Waals surface area contributed by atoms with Crippen molar-refractivity contribution in [1.29, 1.82) is 0 Å². The van der Waals surface area contributed by atoms with E-state index in [0.717, 1.165) is 31.5 Å². The molecule has 2 aromatic rings. The van der Waals surface area contributed by atoms with Gasteiger partial charge in [-0.25, -0.2) is 4.39 Å². The van der Waals surface area contributed by atoms with Crippen LogP contribution in [0.5, 0.6) is 0 Å². The highest BCUT2D eigenvalue weighted by molar-refractivity contribution is 6.30. The lowest BCUT2D eigenvalue weighted by atomic mass is 10.0. The largest absolute Gasteiger partial charge is 0.370 e. The van der Waals surface area contributed by atoms with Gasteiger partial charge in [0.05, 0.1) is 18.2 Å². The summed E-state index contributed by atoms with van der Waals surface area (Å²) in [6.07, 6.45) is 2.07. The van der Waals surface area contributed by atoms with E-state index < -0.39 is 11.9 Å². The summed E-state index contributed by atoms with van der Waals surface area (Å²) in [5, 5.41) is 6.04. The summed E-state index contributed by atoms with van der Waals surface area (Å²) in [5.74, 6) is -1.10. The lowest BCUT2D eigenvalue weighted by Crippen LogP contribution is -2.30. The Labute approximate surface area is 168 Å². The third-order valence-electron chi connectivity index (χ3n) is 4.74. The van der Waals surface area contributed by atoms with Crippen molar-refractivity contribution in [2.45, 2.75) is 32.2 Å². The molecule has 2 N–H and O–H groups in total. The van der Waals surface area contributed by atoms with Crippen LogP contribution in [0.15, 0.2) is 42.5 Å². The van der Waals surface area contributed by atoms with Crippen LogP contribution >= 0.6 is 11.6 Å². The molecule has 3 rings (SSSR count). The van der Waals surface area contributed by atoms with Gasteiger partial charge in [0.2, 0.25) is 11.8 Å². The molecule has 1 aliphatic rings. The Balaban J connectivity index is 1.78. The number of anilines is 2. The van der Waals surface area contributed by atoms with Crippen molar-refractivity contribution in [3.8, 4) is 0 Å². The number of nitrogens with zero attached hydrogens (tertiary/aromatic N) is 1. The average molecular weight is 404 g/mol. The van der Waals surface area contributed by atoms with Gasteiger partial charge in [-0.3, -0.25) is 9.59 Å². The third kappa shape index (κ3) is 5.01. The number of halogens is 2. The molecule has 2 aromatic carbocycles. The van der Waals surface area contributed by atoms with E-state index in [1.807, 2.05) is 6.07 Å². The van der Waals surface area contributed by atoms with Gasteiger partial charge in [-0.05, 0) is 42.7 Å². The van der Waals surface area contributed by atoms with Gasteiger partial charge in [0, 0.05) is 25.0 Å². The van der Waals surface area contributed by atoms with Crippen molar-refractivity contribution in [3.63, 3.8) is 0 Å². The Bertz CT molecular complexity index is 851. The Morgan fingerprint density at radius 2 is 1.82 bits per heavy atom. The van der Waals surface area contributed by atoms with Gasteiger partial charge < -0.3 is 15.5 Å². The summed E-state index contributed by atoms with van der Waals surface area (Å²) < 4.78 is 14.5. The zero-order valence-corrected chi connectivity index (χ0v) is 16.4. The third-order valence-corrected chi connectivity index (χ3v) is 4.99. The van der Waals surface area contributed by atoms with Crippen LogP contribution in [0.1, 0.15) is 37.8 Å². The van der Waals surface area contributed by atoms with Crippen molar-refractivity contribution < 1.29 is 14.0 Å². The van der Waals surface area contributed by atoms with Crippen LogP contribution in [-0.2, 0) is 9.59 Å². The van der Waals surface area contributed by atoms with Crippen molar-refractivity contribution in [2.75, 3.05) is 23.3 Å². The molecule has 28 heavy (non-hydrogen) atoms. The highest BCUT2D eigenvalue weighted by atomic mass is 35.5. The van der Waals surface area contributed by atoms with Crippen LogP contribution in [0.3, 0.4) is 0 Å². The fourth-order valence-electron chi connectivity index (χ4n) is 3.43. The molecule has 1 fully saturated rings. The monoisotopic (exact) mass is 403 g/mol. The fourth-order valence-corrected chi connectivity index (χ4v) is 3.55. The second kappa shape index (κ2) is 9.06. The molecule has 2 amide bonds. The number of carbonyl (C=O) groups excluding carboxylic acids is 2. The summed E-state index contributed by atoms with van der Waals surface area (Å²) in [7, 11) is 0. The molecule has 0 radical (unpaired) electrons. The number of hydrogen-bond donors (Lipinski definition) is 2. The molecule has 1 heterocycles. The molecule has 1 unspecified atom stereocenters. The van der Waals surface area contributed by atoms with E-state index in [4.69, 9.17) is 11.6 Å². The van der Waals surface area contributed by atoms with E-state index in [-0.39, 0.29) is 23.9 Å². The van der Waals surface area contributed by atoms with Gasteiger partial charge in [0.15, 0.2) is 0 Å². The van der Waals surface area contributed by atoms with Gasteiger partial charge in [-0.1, -0.05) is 29.8 Å². The van der Waals surface area contributed by atoms with Gasteiger partial charge in [0.25, 0.3) is 0 Å². The summed E-state index contributed by atoms with van der Waals surface area (Å²) in [6.45, 7) is 3.07.